The molecule has 1 aliphatic carbocycles. The highest BCUT2D eigenvalue weighted by Gasteiger charge is 2.35. The van der Waals surface area contributed by atoms with Gasteiger partial charge < -0.3 is 5.32 Å². The lowest BCUT2D eigenvalue weighted by molar-refractivity contribution is -0.115. The van der Waals surface area contributed by atoms with Crippen molar-refractivity contribution in [1.82, 2.24) is 0 Å². The second kappa shape index (κ2) is 7.06. The molecule has 0 unspecified atom stereocenters. The maximum absolute atomic E-state index is 12.1. The zero-order chi connectivity index (χ0) is 18.0. The van der Waals surface area contributed by atoms with Crippen LogP contribution in [0.15, 0.2) is 48.5 Å². The first kappa shape index (κ1) is 17.8. The first-order valence-electron chi connectivity index (χ1n) is 7.97. The van der Waals surface area contributed by atoms with Gasteiger partial charge in [-0.1, -0.05) is 23.7 Å². The van der Waals surface area contributed by atoms with Crippen LogP contribution in [-0.2, 0) is 21.2 Å². The standard InChI is InChI=1S/C18H19ClN2O3S/c1-25(23,24)21(17-10-11-17)16-8-6-15(7-9-16)20-18(22)12-13-2-4-14(19)5-3-13/h2-9,17H,10-12H2,1H3,(H,20,22). The van der Waals surface area contributed by atoms with E-state index in [-0.39, 0.29) is 18.4 Å². The van der Waals surface area contributed by atoms with E-state index in [2.05, 4.69) is 5.32 Å². The van der Waals surface area contributed by atoms with Crippen molar-refractivity contribution < 1.29 is 13.2 Å². The quantitative estimate of drug-likeness (QED) is 0.837. The minimum Gasteiger partial charge on any atom is -0.326 e. The summed E-state index contributed by atoms with van der Waals surface area (Å²) in [4.78, 5) is 12.1. The Morgan fingerprint density at radius 3 is 2.24 bits per heavy atom. The van der Waals surface area contributed by atoms with Gasteiger partial charge >= 0.3 is 0 Å². The third-order valence-electron chi connectivity index (χ3n) is 3.92. The fourth-order valence-electron chi connectivity index (χ4n) is 2.67. The normalized spacial score (nSPS) is 14.2. The van der Waals surface area contributed by atoms with Crippen LogP contribution in [0, 0.1) is 0 Å². The molecule has 2 aromatic carbocycles. The van der Waals surface area contributed by atoms with Crippen LogP contribution >= 0.6 is 11.6 Å². The second-order valence-corrected chi connectivity index (χ2v) is 8.48. The summed E-state index contributed by atoms with van der Waals surface area (Å²) in [5, 5.41) is 3.45. The first-order chi connectivity index (χ1) is 11.8. The fourth-order valence-corrected chi connectivity index (χ4v) is 4.05. The Morgan fingerprint density at radius 1 is 1.12 bits per heavy atom. The smallest absolute Gasteiger partial charge is 0.232 e. The summed E-state index contributed by atoms with van der Waals surface area (Å²) < 4.78 is 25.4. The van der Waals surface area contributed by atoms with Gasteiger partial charge in [0.15, 0.2) is 0 Å². The van der Waals surface area contributed by atoms with Gasteiger partial charge in [-0.2, -0.15) is 0 Å². The molecule has 1 fully saturated rings. The summed E-state index contributed by atoms with van der Waals surface area (Å²) in [5.41, 5.74) is 2.13. The number of hydrogen-bond acceptors (Lipinski definition) is 3. The topological polar surface area (TPSA) is 66.5 Å². The molecule has 25 heavy (non-hydrogen) atoms. The minimum atomic E-state index is -3.30. The lowest BCUT2D eigenvalue weighted by Gasteiger charge is -2.22. The number of rotatable bonds is 6. The lowest BCUT2D eigenvalue weighted by Crippen LogP contribution is -2.31. The molecule has 0 aliphatic heterocycles. The molecule has 0 heterocycles. The van der Waals surface area contributed by atoms with E-state index in [0.29, 0.717) is 16.4 Å². The van der Waals surface area contributed by atoms with Crippen molar-refractivity contribution in [3.8, 4) is 0 Å². The predicted octanol–water partition coefficient (Wildman–Crippen LogP) is 3.45. The second-order valence-electron chi connectivity index (χ2n) is 6.19. The molecule has 0 bridgehead atoms. The van der Waals surface area contributed by atoms with Crippen molar-refractivity contribution in [2.75, 3.05) is 15.9 Å². The third-order valence-corrected chi connectivity index (χ3v) is 5.39. The molecule has 1 N–H and O–H groups in total. The van der Waals surface area contributed by atoms with Crippen molar-refractivity contribution >= 4 is 38.9 Å². The molecule has 0 atom stereocenters. The van der Waals surface area contributed by atoms with Gasteiger partial charge in [0.2, 0.25) is 15.9 Å². The molecule has 2 aromatic rings. The van der Waals surface area contributed by atoms with Crippen LogP contribution in [0.1, 0.15) is 18.4 Å². The van der Waals surface area contributed by atoms with Crippen LogP contribution in [0.2, 0.25) is 5.02 Å². The van der Waals surface area contributed by atoms with Crippen LogP contribution in [-0.4, -0.2) is 26.6 Å². The van der Waals surface area contributed by atoms with Crippen LogP contribution in [0.4, 0.5) is 11.4 Å². The monoisotopic (exact) mass is 378 g/mol. The summed E-state index contributed by atoms with van der Waals surface area (Å²) in [6.07, 6.45) is 3.23. The van der Waals surface area contributed by atoms with Gasteiger partial charge in [0.25, 0.3) is 0 Å². The molecule has 1 saturated carbocycles. The number of nitrogens with zero attached hydrogens (tertiary/aromatic N) is 1. The van der Waals surface area contributed by atoms with Crippen LogP contribution in [0.5, 0.6) is 0 Å². The van der Waals surface area contributed by atoms with Crippen molar-refractivity contribution in [1.29, 1.82) is 0 Å². The summed E-state index contributed by atoms with van der Waals surface area (Å²) in [6, 6.07) is 14.0. The highest BCUT2D eigenvalue weighted by Crippen LogP contribution is 2.34. The van der Waals surface area contributed by atoms with Crippen molar-refractivity contribution in [3.63, 3.8) is 0 Å². The average Bonchev–Trinajstić information content (AvgIpc) is 3.35. The van der Waals surface area contributed by atoms with Crippen LogP contribution < -0.4 is 9.62 Å². The average molecular weight is 379 g/mol. The van der Waals surface area contributed by atoms with Gasteiger partial charge in [-0.3, -0.25) is 9.10 Å². The van der Waals surface area contributed by atoms with Gasteiger partial charge in [0, 0.05) is 16.8 Å². The number of benzene rings is 2. The predicted molar refractivity (Wildman–Crippen MR) is 101 cm³/mol. The largest absolute Gasteiger partial charge is 0.326 e. The molecule has 0 saturated heterocycles. The van der Waals surface area contributed by atoms with Gasteiger partial charge in [0.1, 0.15) is 0 Å². The number of carbonyl (C=O) groups excluding carboxylic acids is 1. The number of amides is 1. The highest BCUT2D eigenvalue weighted by molar-refractivity contribution is 7.92. The van der Waals surface area contributed by atoms with Gasteiger partial charge in [-0.05, 0) is 54.8 Å². The zero-order valence-corrected chi connectivity index (χ0v) is 15.3. The Hall–Kier alpha value is -2.05. The Labute approximate surface area is 152 Å². The molecule has 1 aliphatic rings. The lowest BCUT2D eigenvalue weighted by atomic mass is 10.1. The maximum atomic E-state index is 12.1. The van der Waals surface area contributed by atoms with E-state index in [9.17, 15) is 13.2 Å². The molecule has 0 aromatic heterocycles. The van der Waals surface area contributed by atoms with Crippen molar-refractivity contribution in [3.05, 3.63) is 59.1 Å². The van der Waals surface area contributed by atoms with Gasteiger partial charge in [0.05, 0.1) is 18.4 Å². The zero-order valence-electron chi connectivity index (χ0n) is 13.8. The molecule has 132 valence electrons. The number of halogens is 1. The first-order valence-corrected chi connectivity index (χ1v) is 10.2. The molecule has 1 amide bonds. The van der Waals surface area contributed by atoms with Crippen LogP contribution in [0.25, 0.3) is 0 Å². The Kier molecular flexibility index (Phi) is 5.01. The number of anilines is 2. The fraction of sp³-hybridized carbons (Fsp3) is 0.278. The van der Waals surface area contributed by atoms with Crippen molar-refractivity contribution in [2.45, 2.75) is 25.3 Å². The molecular formula is C18H19ClN2O3S. The Bertz CT molecular complexity index is 860. The van der Waals surface area contributed by atoms with E-state index >= 15 is 0 Å². The number of hydrogen-bond donors (Lipinski definition) is 1. The van der Waals surface area contributed by atoms with Crippen LogP contribution in [0.3, 0.4) is 0 Å². The van der Waals surface area contributed by atoms with Crippen molar-refractivity contribution in [2.24, 2.45) is 0 Å². The summed E-state index contributed by atoms with van der Waals surface area (Å²) >= 11 is 5.83. The summed E-state index contributed by atoms with van der Waals surface area (Å²) in [6.45, 7) is 0. The van der Waals surface area contributed by atoms with E-state index in [1.807, 2.05) is 12.1 Å². The third kappa shape index (κ3) is 4.74. The highest BCUT2D eigenvalue weighted by atomic mass is 35.5. The molecule has 3 rings (SSSR count). The molecule has 0 radical (unpaired) electrons. The molecule has 7 heteroatoms. The molecule has 0 spiro atoms. The maximum Gasteiger partial charge on any atom is 0.232 e. The summed E-state index contributed by atoms with van der Waals surface area (Å²) in [7, 11) is -3.30. The van der Waals surface area contributed by atoms with Gasteiger partial charge in [-0.15, -0.1) is 0 Å². The van der Waals surface area contributed by atoms with E-state index < -0.39 is 10.0 Å². The van der Waals surface area contributed by atoms with E-state index in [0.717, 1.165) is 18.4 Å². The molecular weight excluding hydrogens is 360 g/mol. The molecule has 5 nitrogen and oxygen atoms in total. The summed E-state index contributed by atoms with van der Waals surface area (Å²) in [5.74, 6) is -0.141. The number of carbonyl (C=O) groups is 1. The SMILES string of the molecule is CS(=O)(=O)N(c1ccc(NC(=O)Cc2ccc(Cl)cc2)cc1)C1CC1. The van der Waals surface area contributed by atoms with E-state index in [1.54, 1.807) is 36.4 Å². The van der Waals surface area contributed by atoms with E-state index in [1.165, 1.54) is 10.6 Å². The minimum absolute atomic E-state index is 0.0559. The number of nitrogens with one attached hydrogen (secondary N) is 1. The Morgan fingerprint density at radius 2 is 1.72 bits per heavy atom. The van der Waals surface area contributed by atoms with E-state index in [4.69, 9.17) is 11.6 Å². The van der Waals surface area contributed by atoms with Gasteiger partial charge in [-0.25, -0.2) is 8.42 Å². The Balaban J connectivity index is 1.66. The number of sulfonamides is 1.